The SMILES string of the molecule is CC(NCCN(C)c1ccccc1F)C1CC1. The summed E-state index contributed by atoms with van der Waals surface area (Å²) in [4.78, 5) is 1.96. The van der Waals surface area contributed by atoms with Gasteiger partial charge >= 0.3 is 0 Å². The maximum atomic E-state index is 13.5. The first kappa shape index (κ1) is 12.4. The standard InChI is InChI=1S/C14H21FN2/c1-11(12-7-8-12)16-9-10-17(2)14-6-4-3-5-13(14)15/h3-6,11-12,16H,7-10H2,1-2H3. The highest BCUT2D eigenvalue weighted by atomic mass is 19.1. The summed E-state index contributed by atoms with van der Waals surface area (Å²) in [5, 5.41) is 3.50. The molecular weight excluding hydrogens is 215 g/mol. The molecule has 0 aromatic heterocycles. The predicted molar refractivity (Wildman–Crippen MR) is 69.9 cm³/mol. The minimum Gasteiger partial charge on any atom is -0.371 e. The summed E-state index contributed by atoms with van der Waals surface area (Å²) in [6, 6.07) is 7.52. The number of hydrogen-bond donors (Lipinski definition) is 1. The van der Waals surface area contributed by atoms with Crippen LogP contribution in [0.4, 0.5) is 10.1 Å². The van der Waals surface area contributed by atoms with Crippen LogP contribution < -0.4 is 10.2 Å². The number of rotatable bonds is 6. The van der Waals surface area contributed by atoms with Gasteiger partial charge in [-0.3, -0.25) is 0 Å². The number of nitrogens with zero attached hydrogens (tertiary/aromatic N) is 1. The van der Waals surface area contributed by atoms with Crippen molar-refractivity contribution in [3.8, 4) is 0 Å². The molecule has 1 aromatic carbocycles. The Bertz CT molecular complexity index is 363. The minimum absolute atomic E-state index is 0.148. The fraction of sp³-hybridized carbons (Fsp3) is 0.571. The molecule has 0 heterocycles. The van der Waals surface area contributed by atoms with E-state index in [-0.39, 0.29) is 5.82 Å². The third-order valence-electron chi connectivity index (χ3n) is 3.51. The molecule has 0 spiro atoms. The lowest BCUT2D eigenvalue weighted by Gasteiger charge is -2.21. The van der Waals surface area contributed by atoms with Crippen LogP contribution in [0.2, 0.25) is 0 Å². The average molecular weight is 236 g/mol. The molecule has 1 fully saturated rings. The van der Waals surface area contributed by atoms with Crippen LogP contribution in [0.25, 0.3) is 0 Å². The number of nitrogens with one attached hydrogen (secondary N) is 1. The van der Waals surface area contributed by atoms with E-state index >= 15 is 0 Å². The molecule has 1 N–H and O–H groups in total. The van der Waals surface area contributed by atoms with Crippen LogP contribution in [0.15, 0.2) is 24.3 Å². The topological polar surface area (TPSA) is 15.3 Å². The quantitative estimate of drug-likeness (QED) is 0.817. The van der Waals surface area contributed by atoms with Gasteiger partial charge in [0.05, 0.1) is 5.69 Å². The van der Waals surface area contributed by atoms with E-state index in [0.29, 0.717) is 11.7 Å². The number of para-hydroxylation sites is 1. The van der Waals surface area contributed by atoms with Gasteiger partial charge in [0.2, 0.25) is 0 Å². The molecule has 0 amide bonds. The smallest absolute Gasteiger partial charge is 0.146 e. The second-order valence-corrected chi connectivity index (χ2v) is 4.95. The van der Waals surface area contributed by atoms with Crippen molar-refractivity contribution in [1.82, 2.24) is 5.32 Å². The molecule has 17 heavy (non-hydrogen) atoms. The van der Waals surface area contributed by atoms with Gasteiger partial charge in [0, 0.05) is 26.2 Å². The zero-order valence-electron chi connectivity index (χ0n) is 10.6. The third-order valence-corrected chi connectivity index (χ3v) is 3.51. The van der Waals surface area contributed by atoms with E-state index in [1.807, 2.05) is 24.1 Å². The van der Waals surface area contributed by atoms with E-state index in [1.54, 1.807) is 6.07 Å². The maximum Gasteiger partial charge on any atom is 0.146 e. The van der Waals surface area contributed by atoms with Crippen LogP contribution in [0, 0.1) is 11.7 Å². The third kappa shape index (κ3) is 3.43. The lowest BCUT2D eigenvalue weighted by Crippen LogP contribution is -2.35. The molecule has 1 aliphatic rings. The first-order valence-electron chi connectivity index (χ1n) is 6.37. The molecule has 0 saturated heterocycles. The van der Waals surface area contributed by atoms with Gasteiger partial charge in [0.15, 0.2) is 0 Å². The Hall–Kier alpha value is -1.09. The van der Waals surface area contributed by atoms with Crippen LogP contribution in [0.5, 0.6) is 0 Å². The van der Waals surface area contributed by atoms with Crippen molar-refractivity contribution < 1.29 is 4.39 Å². The molecule has 1 atom stereocenters. The highest BCUT2D eigenvalue weighted by molar-refractivity contribution is 5.46. The predicted octanol–water partition coefficient (Wildman–Crippen LogP) is 2.65. The highest BCUT2D eigenvalue weighted by Crippen LogP contribution is 2.32. The number of halogens is 1. The Labute approximate surface area is 103 Å². The van der Waals surface area contributed by atoms with Gasteiger partial charge in [0.25, 0.3) is 0 Å². The molecule has 94 valence electrons. The Balaban J connectivity index is 1.76. The number of anilines is 1. The summed E-state index contributed by atoms with van der Waals surface area (Å²) in [5.41, 5.74) is 0.674. The van der Waals surface area contributed by atoms with Crippen molar-refractivity contribution in [2.24, 2.45) is 5.92 Å². The Morgan fingerprint density at radius 2 is 2.12 bits per heavy atom. The van der Waals surface area contributed by atoms with Gasteiger partial charge < -0.3 is 10.2 Å². The monoisotopic (exact) mass is 236 g/mol. The van der Waals surface area contributed by atoms with Crippen molar-refractivity contribution in [1.29, 1.82) is 0 Å². The highest BCUT2D eigenvalue weighted by Gasteiger charge is 2.27. The van der Waals surface area contributed by atoms with Gasteiger partial charge in [-0.2, -0.15) is 0 Å². The van der Waals surface area contributed by atoms with Crippen molar-refractivity contribution >= 4 is 5.69 Å². The molecule has 1 aliphatic carbocycles. The van der Waals surface area contributed by atoms with Crippen molar-refractivity contribution in [2.45, 2.75) is 25.8 Å². The van der Waals surface area contributed by atoms with Crippen LogP contribution in [0.1, 0.15) is 19.8 Å². The lowest BCUT2D eigenvalue weighted by atomic mass is 10.2. The van der Waals surface area contributed by atoms with E-state index in [1.165, 1.54) is 18.9 Å². The van der Waals surface area contributed by atoms with Gasteiger partial charge in [-0.25, -0.2) is 4.39 Å². The first-order chi connectivity index (χ1) is 8.18. The molecule has 0 aliphatic heterocycles. The van der Waals surface area contributed by atoms with Crippen LogP contribution in [-0.2, 0) is 0 Å². The van der Waals surface area contributed by atoms with E-state index in [9.17, 15) is 4.39 Å². The van der Waals surface area contributed by atoms with Gasteiger partial charge in [-0.15, -0.1) is 0 Å². The van der Waals surface area contributed by atoms with Crippen molar-refractivity contribution in [3.05, 3.63) is 30.1 Å². The molecule has 0 radical (unpaired) electrons. The summed E-state index contributed by atoms with van der Waals surface area (Å²) in [6.07, 6.45) is 2.72. The fourth-order valence-corrected chi connectivity index (χ4v) is 2.10. The van der Waals surface area contributed by atoms with Crippen LogP contribution in [0.3, 0.4) is 0 Å². The van der Waals surface area contributed by atoms with Crippen LogP contribution >= 0.6 is 0 Å². The normalized spacial score (nSPS) is 16.9. The second-order valence-electron chi connectivity index (χ2n) is 4.95. The summed E-state index contributed by atoms with van der Waals surface area (Å²) >= 11 is 0. The molecule has 1 unspecified atom stereocenters. The van der Waals surface area contributed by atoms with E-state index in [4.69, 9.17) is 0 Å². The maximum absolute atomic E-state index is 13.5. The summed E-state index contributed by atoms with van der Waals surface area (Å²) in [5.74, 6) is 0.721. The molecule has 0 bridgehead atoms. The minimum atomic E-state index is -0.148. The van der Waals surface area contributed by atoms with Crippen molar-refractivity contribution in [2.75, 3.05) is 25.0 Å². The first-order valence-corrected chi connectivity index (χ1v) is 6.37. The molecule has 2 nitrogen and oxygen atoms in total. The van der Waals surface area contributed by atoms with Gasteiger partial charge in [-0.05, 0) is 37.8 Å². The summed E-state index contributed by atoms with van der Waals surface area (Å²) in [7, 11) is 1.93. The number of hydrogen-bond acceptors (Lipinski definition) is 2. The van der Waals surface area contributed by atoms with Gasteiger partial charge in [0.1, 0.15) is 5.82 Å². The molecule has 3 heteroatoms. The van der Waals surface area contributed by atoms with Crippen molar-refractivity contribution in [3.63, 3.8) is 0 Å². The van der Waals surface area contributed by atoms with E-state index in [0.717, 1.165) is 19.0 Å². The lowest BCUT2D eigenvalue weighted by molar-refractivity contribution is 0.500. The fourth-order valence-electron chi connectivity index (χ4n) is 2.10. The zero-order chi connectivity index (χ0) is 12.3. The number of likely N-dealkylation sites (N-methyl/N-ethyl adjacent to an activating group) is 1. The van der Waals surface area contributed by atoms with Gasteiger partial charge in [-0.1, -0.05) is 12.1 Å². The molecular formula is C14H21FN2. The number of benzene rings is 1. The second kappa shape index (κ2) is 5.50. The Kier molecular flexibility index (Phi) is 4.00. The zero-order valence-corrected chi connectivity index (χ0v) is 10.6. The average Bonchev–Trinajstić information content (AvgIpc) is 3.13. The van der Waals surface area contributed by atoms with Crippen LogP contribution in [-0.4, -0.2) is 26.2 Å². The Morgan fingerprint density at radius 3 is 2.76 bits per heavy atom. The molecule has 1 aromatic rings. The van der Waals surface area contributed by atoms with E-state index < -0.39 is 0 Å². The summed E-state index contributed by atoms with van der Waals surface area (Å²) < 4.78 is 13.5. The molecule has 2 rings (SSSR count). The largest absolute Gasteiger partial charge is 0.371 e. The Morgan fingerprint density at radius 1 is 1.41 bits per heavy atom. The molecule has 1 saturated carbocycles. The summed E-state index contributed by atoms with van der Waals surface area (Å²) in [6.45, 7) is 3.97. The van der Waals surface area contributed by atoms with E-state index in [2.05, 4.69) is 12.2 Å².